The highest BCUT2D eigenvalue weighted by Gasteiger charge is 2.16. The van der Waals surface area contributed by atoms with Crippen molar-refractivity contribution in [2.75, 3.05) is 20.6 Å². The van der Waals surface area contributed by atoms with Gasteiger partial charge in [-0.15, -0.1) is 0 Å². The minimum absolute atomic E-state index is 0.0318. The second-order valence-corrected chi connectivity index (χ2v) is 3.50. The van der Waals surface area contributed by atoms with Gasteiger partial charge in [-0.2, -0.15) is 0 Å². The molecule has 92 valence electrons. The van der Waals surface area contributed by atoms with Crippen molar-refractivity contribution in [2.45, 2.75) is 19.4 Å². The third-order valence-corrected chi connectivity index (χ3v) is 1.78. The number of nitrogens with zero attached hydrogens (tertiary/aromatic N) is 1. The zero-order chi connectivity index (χ0) is 12.7. The van der Waals surface area contributed by atoms with Gasteiger partial charge in [0.05, 0.1) is 6.42 Å². The molecule has 3 amide bonds. The van der Waals surface area contributed by atoms with Crippen LogP contribution in [0.4, 0.5) is 4.79 Å². The van der Waals surface area contributed by atoms with Crippen molar-refractivity contribution in [3.63, 3.8) is 0 Å². The Morgan fingerprint density at radius 1 is 1.31 bits per heavy atom. The van der Waals surface area contributed by atoms with Crippen LogP contribution in [0.15, 0.2) is 0 Å². The molecule has 0 aliphatic heterocycles. The summed E-state index contributed by atoms with van der Waals surface area (Å²) in [5.74, 6) is -1.22. The lowest BCUT2D eigenvalue weighted by Crippen LogP contribution is -2.48. The number of nitrogens with one attached hydrogen (secondary N) is 2. The number of carboxylic acids is 1. The van der Waals surface area contributed by atoms with E-state index in [9.17, 15) is 14.4 Å². The van der Waals surface area contributed by atoms with Crippen LogP contribution < -0.4 is 10.6 Å². The average Bonchev–Trinajstić information content (AvgIpc) is 2.15. The van der Waals surface area contributed by atoms with E-state index in [0.717, 1.165) is 0 Å². The van der Waals surface area contributed by atoms with E-state index in [2.05, 4.69) is 10.6 Å². The lowest BCUT2D eigenvalue weighted by Gasteiger charge is -2.18. The van der Waals surface area contributed by atoms with E-state index >= 15 is 0 Å². The first-order valence-corrected chi connectivity index (χ1v) is 4.82. The van der Waals surface area contributed by atoms with Crippen LogP contribution in [0.3, 0.4) is 0 Å². The van der Waals surface area contributed by atoms with Crippen molar-refractivity contribution in [3.05, 3.63) is 0 Å². The fraction of sp³-hybridized carbons (Fsp3) is 0.667. The van der Waals surface area contributed by atoms with Crippen molar-refractivity contribution >= 4 is 17.9 Å². The molecule has 0 saturated heterocycles. The van der Waals surface area contributed by atoms with Crippen LogP contribution in [0.1, 0.15) is 13.3 Å². The van der Waals surface area contributed by atoms with Gasteiger partial charge in [0.1, 0.15) is 6.04 Å². The van der Waals surface area contributed by atoms with E-state index in [0.29, 0.717) is 0 Å². The molecule has 0 rings (SSSR count). The third-order valence-electron chi connectivity index (χ3n) is 1.78. The Balaban J connectivity index is 3.87. The molecule has 0 aliphatic rings. The second kappa shape index (κ2) is 6.65. The van der Waals surface area contributed by atoms with E-state index in [1.807, 2.05) is 0 Å². The zero-order valence-corrected chi connectivity index (χ0v) is 9.61. The van der Waals surface area contributed by atoms with Gasteiger partial charge < -0.3 is 20.6 Å². The van der Waals surface area contributed by atoms with Crippen LogP contribution >= 0.6 is 0 Å². The van der Waals surface area contributed by atoms with Crippen molar-refractivity contribution in [2.24, 2.45) is 0 Å². The van der Waals surface area contributed by atoms with Crippen LogP contribution in [-0.4, -0.2) is 54.6 Å². The number of likely N-dealkylation sites (N-methyl/N-ethyl adjacent to an activating group) is 1. The van der Waals surface area contributed by atoms with Crippen molar-refractivity contribution in [3.8, 4) is 0 Å². The Labute approximate surface area is 93.8 Å². The van der Waals surface area contributed by atoms with Crippen LogP contribution in [0.25, 0.3) is 0 Å². The standard InChI is InChI=1S/C9H17N3O4/c1-6(8(15)12(2)3)11-9(16)10-5-4-7(13)14/h6H,4-5H2,1-3H3,(H,13,14)(H2,10,11,16). The Hall–Kier alpha value is -1.79. The second-order valence-electron chi connectivity index (χ2n) is 3.50. The first-order chi connectivity index (χ1) is 7.34. The maximum Gasteiger partial charge on any atom is 0.315 e. The molecule has 1 atom stereocenters. The first kappa shape index (κ1) is 14.2. The topological polar surface area (TPSA) is 98.7 Å². The van der Waals surface area contributed by atoms with Crippen molar-refractivity contribution in [1.29, 1.82) is 0 Å². The van der Waals surface area contributed by atoms with Gasteiger partial charge in [-0.3, -0.25) is 9.59 Å². The van der Waals surface area contributed by atoms with E-state index < -0.39 is 18.0 Å². The third kappa shape index (κ3) is 5.84. The molecule has 0 heterocycles. The zero-order valence-electron chi connectivity index (χ0n) is 9.61. The molecule has 1 unspecified atom stereocenters. The van der Waals surface area contributed by atoms with Crippen LogP contribution in [0.2, 0.25) is 0 Å². The predicted octanol–water partition coefficient (Wildman–Crippen LogP) is -0.763. The summed E-state index contributed by atoms with van der Waals surface area (Å²) in [6.07, 6.45) is -0.149. The highest BCUT2D eigenvalue weighted by Crippen LogP contribution is 1.88. The predicted molar refractivity (Wildman–Crippen MR) is 56.9 cm³/mol. The summed E-state index contributed by atoms with van der Waals surface area (Å²) in [6.45, 7) is 1.59. The number of rotatable bonds is 5. The minimum Gasteiger partial charge on any atom is -0.481 e. The van der Waals surface area contributed by atoms with Crippen molar-refractivity contribution in [1.82, 2.24) is 15.5 Å². The largest absolute Gasteiger partial charge is 0.481 e. The fourth-order valence-corrected chi connectivity index (χ4v) is 0.980. The molecule has 16 heavy (non-hydrogen) atoms. The molecule has 3 N–H and O–H groups in total. The summed E-state index contributed by atoms with van der Waals surface area (Å²) < 4.78 is 0. The SMILES string of the molecule is CC(NC(=O)NCCC(=O)O)C(=O)N(C)C. The molecule has 0 saturated carbocycles. The number of carbonyl (C=O) groups excluding carboxylic acids is 2. The van der Waals surface area contributed by atoms with E-state index in [4.69, 9.17) is 5.11 Å². The lowest BCUT2D eigenvalue weighted by atomic mass is 10.3. The Bertz CT molecular complexity index is 278. The number of amides is 3. The average molecular weight is 231 g/mol. The highest BCUT2D eigenvalue weighted by atomic mass is 16.4. The summed E-state index contributed by atoms with van der Waals surface area (Å²) in [5.41, 5.74) is 0. The number of carbonyl (C=O) groups is 3. The molecule has 0 fully saturated rings. The number of aliphatic carboxylic acids is 1. The fourth-order valence-electron chi connectivity index (χ4n) is 0.980. The molecule has 0 spiro atoms. The maximum absolute atomic E-state index is 11.3. The van der Waals surface area contributed by atoms with Gasteiger partial charge in [-0.1, -0.05) is 0 Å². The molecule has 0 aliphatic carbocycles. The number of carboxylic acid groups (broad SMARTS) is 1. The highest BCUT2D eigenvalue weighted by molar-refractivity contribution is 5.86. The summed E-state index contributed by atoms with van der Waals surface area (Å²) in [5, 5.41) is 13.1. The Morgan fingerprint density at radius 2 is 1.88 bits per heavy atom. The van der Waals surface area contributed by atoms with Crippen molar-refractivity contribution < 1.29 is 19.5 Å². The van der Waals surface area contributed by atoms with Gasteiger partial charge in [0.25, 0.3) is 0 Å². The normalized spacial score (nSPS) is 11.4. The van der Waals surface area contributed by atoms with Crippen LogP contribution in [0.5, 0.6) is 0 Å². The quantitative estimate of drug-likeness (QED) is 0.579. The molecular formula is C9H17N3O4. The number of urea groups is 1. The molecule has 7 nitrogen and oxygen atoms in total. The Kier molecular flexibility index (Phi) is 5.91. The molecule has 0 aromatic heterocycles. The summed E-state index contributed by atoms with van der Waals surface area (Å²) in [7, 11) is 3.17. The summed E-state index contributed by atoms with van der Waals surface area (Å²) >= 11 is 0. The molecule has 0 radical (unpaired) electrons. The van der Waals surface area contributed by atoms with Crippen LogP contribution in [0, 0.1) is 0 Å². The van der Waals surface area contributed by atoms with Gasteiger partial charge in [0.2, 0.25) is 5.91 Å². The first-order valence-electron chi connectivity index (χ1n) is 4.82. The van der Waals surface area contributed by atoms with Gasteiger partial charge in [-0.25, -0.2) is 4.79 Å². The Morgan fingerprint density at radius 3 is 2.31 bits per heavy atom. The smallest absolute Gasteiger partial charge is 0.315 e. The maximum atomic E-state index is 11.3. The molecular weight excluding hydrogens is 214 g/mol. The van der Waals surface area contributed by atoms with Gasteiger partial charge in [0, 0.05) is 20.6 Å². The lowest BCUT2D eigenvalue weighted by molar-refractivity contribution is -0.136. The van der Waals surface area contributed by atoms with E-state index in [1.54, 1.807) is 21.0 Å². The molecule has 0 bridgehead atoms. The van der Waals surface area contributed by atoms with Gasteiger partial charge in [-0.05, 0) is 6.92 Å². The van der Waals surface area contributed by atoms with Crippen LogP contribution in [-0.2, 0) is 9.59 Å². The molecule has 7 heteroatoms. The minimum atomic E-state index is -0.988. The summed E-state index contributed by atoms with van der Waals surface area (Å²) in [4.78, 5) is 34.1. The van der Waals surface area contributed by atoms with E-state index in [-0.39, 0.29) is 18.9 Å². The van der Waals surface area contributed by atoms with Gasteiger partial charge >= 0.3 is 12.0 Å². The monoisotopic (exact) mass is 231 g/mol. The summed E-state index contributed by atoms with van der Waals surface area (Å²) in [6, 6.07) is -1.19. The van der Waals surface area contributed by atoms with Gasteiger partial charge in [0.15, 0.2) is 0 Å². The molecule has 0 aromatic carbocycles. The number of hydrogen-bond acceptors (Lipinski definition) is 3. The van der Waals surface area contributed by atoms with E-state index in [1.165, 1.54) is 4.90 Å². The number of hydrogen-bond donors (Lipinski definition) is 3. The molecule has 0 aromatic rings.